The van der Waals surface area contributed by atoms with E-state index in [-0.39, 0.29) is 18.7 Å². The molecule has 0 aliphatic heterocycles. The molecule has 0 bridgehead atoms. The van der Waals surface area contributed by atoms with Crippen molar-refractivity contribution in [1.82, 2.24) is 5.32 Å². The van der Waals surface area contributed by atoms with Gasteiger partial charge in [0.15, 0.2) is 11.6 Å². The van der Waals surface area contributed by atoms with E-state index in [4.69, 9.17) is 4.74 Å². The Balaban J connectivity index is 2.04. The number of ether oxygens (including phenoxy) is 1. The van der Waals surface area contributed by atoms with E-state index >= 15 is 0 Å². The first-order chi connectivity index (χ1) is 11.5. The molecule has 0 saturated heterocycles. The zero-order valence-corrected chi connectivity index (χ0v) is 13.9. The molecule has 0 aromatic heterocycles. The van der Waals surface area contributed by atoms with Gasteiger partial charge in [0, 0.05) is 13.2 Å². The highest BCUT2D eigenvalue weighted by atomic mass is 19.2. The fraction of sp³-hybridized carbons (Fsp3) is 0.368. The Bertz CT molecular complexity index is 637. The third-order valence-electron chi connectivity index (χ3n) is 4.01. The summed E-state index contributed by atoms with van der Waals surface area (Å²) in [6.45, 7) is 2.14. The highest BCUT2D eigenvalue weighted by molar-refractivity contribution is 5.22. The van der Waals surface area contributed by atoms with Gasteiger partial charge in [-0.15, -0.1) is 0 Å². The largest absolute Gasteiger partial charge is 0.391 e. The Kier molecular flexibility index (Phi) is 6.85. The van der Waals surface area contributed by atoms with E-state index in [1.807, 2.05) is 37.3 Å². The monoisotopic (exact) mass is 335 g/mol. The summed E-state index contributed by atoms with van der Waals surface area (Å²) >= 11 is 0. The van der Waals surface area contributed by atoms with Crippen LogP contribution in [0.15, 0.2) is 48.5 Å². The van der Waals surface area contributed by atoms with E-state index in [2.05, 4.69) is 5.32 Å². The summed E-state index contributed by atoms with van der Waals surface area (Å²) in [5.74, 6) is -1.78. The Morgan fingerprint density at radius 2 is 1.79 bits per heavy atom. The van der Waals surface area contributed by atoms with Gasteiger partial charge in [-0.05, 0) is 36.6 Å². The molecule has 130 valence electrons. The minimum atomic E-state index is -0.895. The van der Waals surface area contributed by atoms with E-state index in [9.17, 15) is 13.9 Å². The Hall–Kier alpha value is -1.82. The number of nitrogens with one attached hydrogen (secondary N) is 1. The molecule has 5 heteroatoms. The van der Waals surface area contributed by atoms with Crippen LogP contribution < -0.4 is 5.32 Å². The molecule has 0 fully saturated rings. The average molecular weight is 335 g/mol. The number of methoxy groups -OCH3 is 1. The predicted molar refractivity (Wildman–Crippen MR) is 89.7 cm³/mol. The van der Waals surface area contributed by atoms with Gasteiger partial charge >= 0.3 is 0 Å². The summed E-state index contributed by atoms with van der Waals surface area (Å²) < 4.78 is 31.8. The van der Waals surface area contributed by atoms with Crippen LogP contribution in [-0.2, 0) is 11.2 Å². The van der Waals surface area contributed by atoms with Gasteiger partial charge in [0.05, 0.1) is 18.8 Å². The van der Waals surface area contributed by atoms with E-state index in [1.54, 1.807) is 7.11 Å². The van der Waals surface area contributed by atoms with Crippen LogP contribution in [0.1, 0.15) is 24.1 Å². The van der Waals surface area contributed by atoms with Crippen molar-refractivity contribution in [2.75, 3.05) is 13.7 Å². The van der Waals surface area contributed by atoms with Crippen LogP contribution in [-0.4, -0.2) is 31.0 Å². The van der Waals surface area contributed by atoms with Gasteiger partial charge < -0.3 is 15.2 Å². The zero-order valence-electron chi connectivity index (χ0n) is 13.9. The van der Waals surface area contributed by atoms with Crippen molar-refractivity contribution < 1.29 is 18.6 Å². The second kappa shape index (κ2) is 8.87. The Morgan fingerprint density at radius 1 is 1.08 bits per heavy atom. The van der Waals surface area contributed by atoms with E-state index in [1.165, 1.54) is 6.07 Å². The van der Waals surface area contributed by atoms with Gasteiger partial charge in [0.25, 0.3) is 0 Å². The first-order valence-electron chi connectivity index (χ1n) is 7.93. The van der Waals surface area contributed by atoms with Crippen molar-refractivity contribution in [3.05, 3.63) is 71.3 Å². The summed E-state index contributed by atoms with van der Waals surface area (Å²) in [7, 11) is 1.54. The number of aliphatic hydroxyl groups excluding tert-OH is 1. The van der Waals surface area contributed by atoms with Crippen LogP contribution in [0.3, 0.4) is 0 Å². The van der Waals surface area contributed by atoms with E-state index in [0.717, 1.165) is 17.7 Å². The number of rotatable bonds is 8. The smallest absolute Gasteiger partial charge is 0.159 e. The minimum Gasteiger partial charge on any atom is -0.391 e. The molecule has 3 unspecified atom stereocenters. The maximum Gasteiger partial charge on any atom is 0.159 e. The van der Waals surface area contributed by atoms with Crippen LogP contribution in [0.4, 0.5) is 8.78 Å². The molecule has 3 nitrogen and oxygen atoms in total. The lowest BCUT2D eigenvalue weighted by molar-refractivity contribution is 0.108. The molecule has 0 radical (unpaired) electrons. The predicted octanol–water partition coefficient (Wildman–Crippen LogP) is 3.23. The van der Waals surface area contributed by atoms with E-state index in [0.29, 0.717) is 12.0 Å². The van der Waals surface area contributed by atoms with Gasteiger partial charge in [0.1, 0.15) is 0 Å². The molecule has 2 rings (SSSR count). The third kappa shape index (κ3) is 5.09. The Morgan fingerprint density at radius 3 is 2.42 bits per heavy atom. The maximum atomic E-state index is 13.5. The number of benzene rings is 2. The van der Waals surface area contributed by atoms with Crippen LogP contribution in [0.5, 0.6) is 0 Å². The lowest BCUT2D eigenvalue weighted by atomic mass is 10.0. The van der Waals surface area contributed by atoms with Gasteiger partial charge in [0.2, 0.25) is 0 Å². The van der Waals surface area contributed by atoms with Gasteiger partial charge in [-0.3, -0.25) is 0 Å². The molecule has 2 N–H and O–H groups in total. The standard InChI is InChI=1S/C19H23F2NO2/c1-13(19(23)10-14-6-4-3-5-7-14)22-18(12-24-2)15-8-9-16(20)17(21)11-15/h3-9,11,13,18-19,22-23H,10,12H2,1-2H3. The van der Waals surface area contributed by atoms with Crippen molar-refractivity contribution in [2.45, 2.75) is 31.5 Å². The molecule has 3 atom stereocenters. The lowest BCUT2D eigenvalue weighted by Gasteiger charge is -2.27. The molecule has 0 spiro atoms. The van der Waals surface area contributed by atoms with Crippen molar-refractivity contribution in [3.8, 4) is 0 Å². The number of halogens is 2. The number of hydrogen-bond acceptors (Lipinski definition) is 3. The average Bonchev–Trinajstić information content (AvgIpc) is 2.57. The lowest BCUT2D eigenvalue weighted by Crippen LogP contribution is -2.42. The maximum absolute atomic E-state index is 13.5. The molecule has 0 aliphatic rings. The number of hydrogen-bond donors (Lipinski definition) is 2. The van der Waals surface area contributed by atoms with Crippen LogP contribution in [0.25, 0.3) is 0 Å². The van der Waals surface area contributed by atoms with Crippen LogP contribution in [0.2, 0.25) is 0 Å². The molecular formula is C19H23F2NO2. The van der Waals surface area contributed by atoms with Crippen molar-refractivity contribution >= 4 is 0 Å². The molecule has 2 aromatic rings. The zero-order chi connectivity index (χ0) is 17.5. The minimum absolute atomic E-state index is 0.251. The fourth-order valence-electron chi connectivity index (χ4n) is 2.60. The van der Waals surface area contributed by atoms with Crippen LogP contribution in [0, 0.1) is 11.6 Å². The second-order valence-corrected chi connectivity index (χ2v) is 5.89. The third-order valence-corrected chi connectivity index (χ3v) is 4.01. The molecule has 0 saturated carbocycles. The van der Waals surface area contributed by atoms with Gasteiger partial charge in [-0.2, -0.15) is 0 Å². The molecular weight excluding hydrogens is 312 g/mol. The molecule has 24 heavy (non-hydrogen) atoms. The quantitative estimate of drug-likeness (QED) is 0.778. The fourth-order valence-corrected chi connectivity index (χ4v) is 2.60. The molecule has 2 aromatic carbocycles. The Labute approximate surface area is 141 Å². The topological polar surface area (TPSA) is 41.5 Å². The van der Waals surface area contributed by atoms with Gasteiger partial charge in [-0.25, -0.2) is 8.78 Å². The summed E-state index contributed by atoms with van der Waals surface area (Å²) in [4.78, 5) is 0. The highest BCUT2D eigenvalue weighted by Crippen LogP contribution is 2.18. The van der Waals surface area contributed by atoms with E-state index < -0.39 is 17.7 Å². The molecule has 0 heterocycles. The summed E-state index contributed by atoms with van der Waals surface area (Å²) in [6.07, 6.45) is -0.107. The summed E-state index contributed by atoms with van der Waals surface area (Å²) in [5.41, 5.74) is 1.62. The van der Waals surface area contributed by atoms with Gasteiger partial charge in [-0.1, -0.05) is 36.4 Å². The first kappa shape index (κ1) is 18.5. The molecule has 0 aliphatic carbocycles. The number of aliphatic hydroxyl groups is 1. The van der Waals surface area contributed by atoms with Crippen LogP contribution >= 0.6 is 0 Å². The van der Waals surface area contributed by atoms with Crippen molar-refractivity contribution in [1.29, 1.82) is 0 Å². The molecule has 0 amide bonds. The highest BCUT2D eigenvalue weighted by Gasteiger charge is 2.21. The summed E-state index contributed by atoms with van der Waals surface area (Å²) in [6, 6.07) is 12.9. The summed E-state index contributed by atoms with van der Waals surface area (Å²) in [5, 5.41) is 13.6. The van der Waals surface area contributed by atoms with Crippen molar-refractivity contribution in [2.24, 2.45) is 0 Å². The second-order valence-electron chi connectivity index (χ2n) is 5.89. The SMILES string of the molecule is COCC(NC(C)C(O)Cc1ccccc1)c1ccc(F)c(F)c1. The van der Waals surface area contributed by atoms with Crippen molar-refractivity contribution in [3.63, 3.8) is 0 Å². The first-order valence-corrected chi connectivity index (χ1v) is 7.93. The normalized spacial score (nSPS) is 15.0.